The Bertz CT molecular complexity index is 435. The average molecular weight is 380 g/mol. The first-order chi connectivity index (χ1) is 13.2. The maximum Gasteiger partial charge on any atom is 0.242 e. The molecule has 0 spiro atoms. The maximum absolute atomic E-state index is 12.6. The molecule has 2 aliphatic rings. The van der Waals surface area contributed by atoms with Gasteiger partial charge in [-0.1, -0.05) is 64.7 Å². The van der Waals surface area contributed by atoms with Crippen molar-refractivity contribution < 1.29 is 9.59 Å². The Morgan fingerprint density at radius 2 is 1.59 bits per heavy atom. The van der Waals surface area contributed by atoms with Crippen LogP contribution < -0.4 is 10.6 Å². The highest BCUT2D eigenvalue weighted by atomic mass is 16.2. The van der Waals surface area contributed by atoms with Crippen LogP contribution in [0.2, 0.25) is 0 Å². The zero-order valence-electron chi connectivity index (χ0n) is 17.4. The van der Waals surface area contributed by atoms with Crippen LogP contribution in [0.25, 0.3) is 0 Å². The van der Waals surface area contributed by atoms with Crippen molar-refractivity contribution in [1.29, 1.82) is 0 Å². The van der Waals surface area contributed by atoms with E-state index >= 15 is 0 Å². The highest BCUT2D eigenvalue weighted by Crippen LogP contribution is 2.21. The maximum atomic E-state index is 12.6. The fourth-order valence-electron chi connectivity index (χ4n) is 4.34. The summed E-state index contributed by atoms with van der Waals surface area (Å²) in [4.78, 5) is 26.9. The molecule has 0 radical (unpaired) electrons. The minimum Gasteiger partial charge on any atom is -0.354 e. The summed E-state index contributed by atoms with van der Waals surface area (Å²) >= 11 is 0. The molecule has 2 aliphatic heterocycles. The van der Waals surface area contributed by atoms with Crippen molar-refractivity contribution in [3.8, 4) is 0 Å². The van der Waals surface area contributed by atoms with Crippen molar-refractivity contribution in [1.82, 2.24) is 15.5 Å². The summed E-state index contributed by atoms with van der Waals surface area (Å²) in [6.45, 7) is 4.65. The fourth-order valence-corrected chi connectivity index (χ4v) is 4.34. The Morgan fingerprint density at radius 3 is 2.22 bits per heavy atom. The number of hydrogen-bond donors (Lipinski definition) is 2. The summed E-state index contributed by atoms with van der Waals surface area (Å²) < 4.78 is 0. The highest BCUT2D eigenvalue weighted by Gasteiger charge is 2.37. The summed E-state index contributed by atoms with van der Waals surface area (Å²) in [5, 5.41) is 6.33. The molecule has 2 heterocycles. The van der Waals surface area contributed by atoms with Crippen LogP contribution in [0, 0.1) is 0 Å². The van der Waals surface area contributed by atoms with Gasteiger partial charge in [0.2, 0.25) is 11.8 Å². The highest BCUT2D eigenvalue weighted by molar-refractivity contribution is 5.90. The molecule has 2 rings (SSSR count). The predicted molar refractivity (Wildman–Crippen MR) is 111 cm³/mol. The van der Waals surface area contributed by atoms with E-state index in [-0.39, 0.29) is 23.9 Å². The Kier molecular flexibility index (Phi) is 10.8. The topological polar surface area (TPSA) is 61.4 Å². The lowest BCUT2D eigenvalue weighted by Crippen LogP contribution is -2.51. The number of rotatable bonds is 13. The first-order valence-corrected chi connectivity index (χ1v) is 11.6. The second kappa shape index (κ2) is 13.1. The van der Waals surface area contributed by atoms with Crippen LogP contribution >= 0.6 is 0 Å². The Morgan fingerprint density at radius 1 is 0.926 bits per heavy atom. The lowest BCUT2D eigenvalue weighted by Gasteiger charge is -2.26. The van der Waals surface area contributed by atoms with E-state index in [2.05, 4.69) is 17.6 Å². The summed E-state index contributed by atoms with van der Waals surface area (Å²) in [7, 11) is 0. The van der Waals surface area contributed by atoms with Gasteiger partial charge in [-0.15, -0.1) is 0 Å². The molecule has 0 aromatic carbocycles. The quantitative estimate of drug-likeness (QED) is 0.479. The minimum absolute atomic E-state index is 0.0507. The number of amides is 2. The molecule has 2 atom stereocenters. The number of carbonyl (C=O) groups excluding carboxylic acids is 2. The van der Waals surface area contributed by atoms with E-state index in [9.17, 15) is 9.59 Å². The molecule has 0 aromatic rings. The van der Waals surface area contributed by atoms with E-state index in [1.807, 2.05) is 4.90 Å². The zero-order valence-corrected chi connectivity index (χ0v) is 17.4. The summed E-state index contributed by atoms with van der Waals surface area (Å²) in [6.07, 6.45) is 16.7. The summed E-state index contributed by atoms with van der Waals surface area (Å²) in [5.74, 6) is 0.179. The van der Waals surface area contributed by atoms with Gasteiger partial charge >= 0.3 is 0 Å². The molecular weight excluding hydrogens is 338 g/mol. The molecule has 2 N–H and O–H groups in total. The molecule has 2 fully saturated rings. The third-order valence-electron chi connectivity index (χ3n) is 6.03. The first kappa shape index (κ1) is 22.2. The predicted octanol–water partition coefficient (Wildman–Crippen LogP) is 3.77. The second-order valence-corrected chi connectivity index (χ2v) is 8.31. The van der Waals surface area contributed by atoms with Gasteiger partial charge in [0.25, 0.3) is 0 Å². The Labute approximate surface area is 166 Å². The van der Waals surface area contributed by atoms with E-state index in [1.54, 1.807) is 0 Å². The summed E-state index contributed by atoms with van der Waals surface area (Å²) in [5.41, 5.74) is 0. The van der Waals surface area contributed by atoms with Crippen molar-refractivity contribution in [2.24, 2.45) is 0 Å². The van der Waals surface area contributed by atoms with Crippen molar-refractivity contribution in [3.05, 3.63) is 0 Å². The van der Waals surface area contributed by atoms with Crippen LogP contribution in [0.15, 0.2) is 0 Å². The van der Waals surface area contributed by atoms with E-state index in [4.69, 9.17) is 0 Å². The molecule has 5 heteroatoms. The summed E-state index contributed by atoms with van der Waals surface area (Å²) in [6, 6.07) is -0.316. The molecule has 0 aromatic heterocycles. The second-order valence-electron chi connectivity index (χ2n) is 8.31. The normalized spacial score (nSPS) is 22.3. The van der Waals surface area contributed by atoms with E-state index < -0.39 is 0 Å². The number of nitrogens with one attached hydrogen (secondary N) is 2. The SMILES string of the molecule is CCCCCCCCCCCCNC(=O)C1CCCN1C(=O)C1CCCN1. The Balaban J connectivity index is 1.51. The van der Waals surface area contributed by atoms with Gasteiger partial charge in [-0.3, -0.25) is 9.59 Å². The minimum atomic E-state index is -0.247. The first-order valence-electron chi connectivity index (χ1n) is 11.6. The van der Waals surface area contributed by atoms with Crippen LogP contribution in [0.5, 0.6) is 0 Å². The molecule has 2 amide bonds. The Hall–Kier alpha value is -1.10. The van der Waals surface area contributed by atoms with Crippen LogP contribution in [0.1, 0.15) is 96.8 Å². The molecule has 5 nitrogen and oxygen atoms in total. The molecular formula is C22H41N3O2. The number of nitrogens with zero attached hydrogens (tertiary/aromatic N) is 1. The van der Waals surface area contributed by atoms with Crippen LogP contribution in [-0.4, -0.2) is 48.4 Å². The molecule has 2 saturated heterocycles. The largest absolute Gasteiger partial charge is 0.354 e. The number of carbonyl (C=O) groups is 2. The van der Waals surface area contributed by atoms with Gasteiger partial charge in [0, 0.05) is 13.1 Å². The number of hydrogen-bond acceptors (Lipinski definition) is 3. The fraction of sp³-hybridized carbons (Fsp3) is 0.909. The van der Waals surface area contributed by atoms with Gasteiger partial charge in [-0.25, -0.2) is 0 Å². The van der Waals surface area contributed by atoms with Crippen molar-refractivity contribution in [3.63, 3.8) is 0 Å². The third-order valence-corrected chi connectivity index (χ3v) is 6.03. The molecule has 0 saturated carbocycles. The smallest absolute Gasteiger partial charge is 0.242 e. The van der Waals surface area contributed by atoms with E-state index in [0.717, 1.165) is 51.7 Å². The zero-order chi connectivity index (χ0) is 19.3. The van der Waals surface area contributed by atoms with Gasteiger partial charge in [-0.05, 0) is 38.6 Å². The molecule has 2 unspecified atom stereocenters. The molecule has 27 heavy (non-hydrogen) atoms. The van der Waals surface area contributed by atoms with Crippen molar-refractivity contribution >= 4 is 11.8 Å². The van der Waals surface area contributed by atoms with Gasteiger partial charge < -0.3 is 15.5 Å². The third kappa shape index (κ3) is 7.81. The monoisotopic (exact) mass is 379 g/mol. The van der Waals surface area contributed by atoms with E-state index in [1.165, 1.54) is 57.8 Å². The average Bonchev–Trinajstić information content (AvgIpc) is 3.37. The van der Waals surface area contributed by atoms with Gasteiger partial charge in [-0.2, -0.15) is 0 Å². The molecule has 0 bridgehead atoms. The van der Waals surface area contributed by atoms with Gasteiger partial charge in [0.1, 0.15) is 6.04 Å². The number of unbranched alkanes of at least 4 members (excludes halogenated alkanes) is 9. The van der Waals surface area contributed by atoms with E-state index in [0.29, 0.717) is 0 Å². The van der Waals surface area contributed by atoms with Gasteiger partial charge in [0.05, 0.1) is 6.04 Å². The molecule has 0 aliphatic carbocycles. The molecule has 156 valence electrons. The number of likely N-dealkylation sites (tertiary alicyclic amines) is 1. The standard InChI is InChI=1S/C22H41N3O2/c1-2-3-4-5-6-7-8-9-10-11-16-24-21(26)20-15-13-18-25(20)22(27)19-14-12-17-23-19/h19-20,23H,2-18H2,1H3,(H,24,26). The van der Waals surface area contributed by atoms with Crippen molar-refractivity contribution in [2.45, 2.75) is 109 Å². The van der Waals surface area contributed by atoms with Gasteiger partial charge in [0.15, 0.2) is 0 Å². The van der Waals surface area contributed by atoms with Crippen LogP contribution in [0.4, 0.5) is 0 Å². The van der Waals surface area contributed by atoms with Crippen molar-refractivity contribution in [2.75, 3.05) is 19.6 Å². The lowest BCUT2D eigenvalue weighted by atomic mass is 10.1. The van der Waals surface area contributed by atoms with Crippen LogP contribution in [-0.2, 0) is 9.59 Å². The lowest BCUT2D eigenvalue weighted by molar-refractivity contribution is -0.139. The van der Waals surface area contributed by atoms with Crippen LogP contribution in [0.3, 0.4) is 0 Å².